The Hall–Kier alpha value is -2.92. The first-order valence-electron chi connectivity index (χ1n) is 9.91. The Bertz CT molecular complexity index is 1230. The van der Waals surface area contributed by atoms with Gasteiger partial charge in [0.05, 0.1) is 35.0 Å². The second-order valence-corrected chi connectivity index (χ2v) is 6.28. The second-order valence-electron chi connectivity index (χ2n) is 5.87. The molecular weight excluding hydrogens is 348 g/mol. The van der Waals surface area contributed by atoms with Crippen LogP contribution in [0.25, 0.3) is 22.0 Å². The number of anilines is 1. The van der Waals surface area contributed by atoms with Gasteiger partial charge in [-0.2, -0.15) is 0 Å². The molecule has 1 amide bonds. The van der Waals surface area contributed by atoms with E-state index >= 15 is 0 Å². The van der Waals surface area contributed by atoms with Crippen molar-refractivity contribution in [3.05, 3.63) is 67.2 Å². The molecule has 5 nitrogen and oxygen atoms in total. The lowest BCUT2D eigenvalue weighted by Gasteiger charge is -2.17. The number of hydrogen-bond acceptors (Lipinski definition) is 3. The van der Waals surface area contributed by atoms with Crippen LogP contribution in [0, 0.1) is 5.92 Å². The molecule has 2 aromatic heterocycles. The van der Waals surface area contributed by atoms with Crippen LogP contribution in [0.3, 0.4) is 0 Å². The molecule has 2 heterocycles. The first-order valence-corrected chi connectivity index (χ1v) is 8.28. The predicted molar refractivity (Wildman–Crippen MR) is 104 cm³/mol. The van der Waals surface area contributed by atoms with Gasteiger partial charge in [0.15, 0.2) is 0 Å². The van der Waals surface area contributed by atoms with Crippen molar-refractivity contribution < 1.29 is 10.3 Å². The average molecular weight is 369 g/mol. The van der Waals surface area contributed by atoms with Gasteiger partial charge in [-0.15, -0.1) is 11.6 Å². The van der Waals surface area contributed by atoms with Gasteiger partial charge in [-0.05, 0) is 17.5 Å². The van der Waals surface area contributed by atoms with Crippen LogP contribution in [0.2, 0.25) is 0 Å². The average Bonchev–Trinajstić information content (AvgIpc) is 3.12. The summed E-state index contributed by atoms with van der Waals surface area (Å²) < 4.78 is 33.6. The van der Waals surface area contributed by atoms with Gasteiger partial charge in [0.2, 0.25) is 5.91 Å². The Morgan fingerprint density at radius 2 is 2.19 bits per heavy atom. The minimum absolute atomic E-state index is 0.225. The van der Waals surface area contributed by atoms with Crippen molar-refractivity contribution in [2.45, 2.75) is 5.35 Å². The summed E-state index contributed by atoms with van der Waals surface area (Å²) in [5.41, 5.74) is 1.88. The van der Waals surface area contributed by atoms with Gasteiger partial charge >= 0.3 is 0 Å². The molecule has 0 aliphatic heterocycles. The molecule has 0 radical (unpaired) electrons. The molecule has 2 unspecified atom stereocenters. The van der Waals surface area contributed by atoms with Gasteiger partial charge in [0.1, 0.15) is 5.82 Å². The van der Waals surface area contributed by atoms with Crippen molar-refractivity contribution in [2.75, 3.05) is 5.32 Å². The number of pyridine rings is 1. The fourth-order valence-corrected chi connectivity index (χ4v) is 2.97. The first-order chi connectivity index (χ1) is 14.2. The van der Waals surface area contributed by atoms with Gasteiger partial charge in [0, 0.05) is 24.2 Å². The molecule has 0 fully saturated rings. The highest BCUT2D eigenvalue weighted by Gasteiger charge is 2.24. The van der Waals surface area contributed by atoms with E-state index in [9.17, 15) is 4.79 Å². The number of amides is 1. The van der Waals surface area contributed by atoms with Crippen LogP contribution in [-0.2, 0) is 11.8 Å². The Balaban J connectivity index is 1.66. The van der Waals surface area contributed by atoms with Crippen LogP contribution in [0.15, 0.2) is 67.2 Å². The summed E-state index contributed by atoms with van der Waals surface area (Å²) in [4.78, 5) is 21.2. The van der Waals surface area contributed by atoms with Crippen LogP contribution in [0.1, 0.15) is 5.48 Å². The molecule has 3 aromatic rings. The molecule has 6 heteroatoms. The van der Waals surface area contributed by atoms with Crippen LogP contribution in [0.4, 0.5) is 5.82 Å². The minimum Gasteiger partial charge on any atom is -0.334 e. The molecule has 2 atom stereocenters. The molecule has 26 heavy (non-hydrogen) atoms. The van der Waals surface area contributed by atoms with Crippen molar-refractivity contribution in [1.82, 2.24) is 14.5 Å². The van der Waals surface area contributed by atoms with Gasteiger partial charge < -0.3 is 9.88 Å². The van der Waals surface area contributed by atoms with Gasteiger partial charge in [-0.3, -0.25) is 4.79 Å². The molecule has 130 valence electrons. The number of imidazole rings is 1. The van der Waals surface area contributed by atoms with E-state index in [0.717, 1.165) is 28.1 Å². The largest absolute Gasteiger partial charge is 0.334 e. The van der Waals surface area contributed by atoms with E-state index in [-0.39, 0.29) is 11.9 Å². The minimum atomic E-state index is -2.16. The fraction of sp³-hybridized carbons (Fsp3) is 0.150. The standard InChI is InChI=1S/C20H17ClN4O/c1-25-12-22-11-18(25)13-6-7-14-10-23-19(9-15(14)8-13)24-20(26)16-4-2-3-5-17(16)21/h2-12,16-17H,1H3,(H,23,24,26)/i2D,4D,5D,17D. The number of aromatic nitrogens is 3. The monoisotopic (exact) mass is 368 g/mol. The second kappa shape index (κ2) is 6.77. The van der Waals surface area contributed by atoms with Crippen LogP contribution < -0.4 is 5.32 Å². The summed E-state index contributed by atoms with van der Waals surface area (Å²) in [6.07, 6.45) is 6.09. The summed E-state index contributed by atoms with van der Waals surface area (Å²) >= 11 is 6.08. The topological polar surface area (TPSA) is 59.8 Å². The lowest BCUT2D eigenvalue weighted by Crippen LogP contribution is -2.28. The molecule has 0 spiro atoms. The lowest BCUT2D eigenvalue weighted by molar-refractivity contribution is -0.118. The zero-order chi connectivity index (χ0) is 21.6. The van der Waals surface area contributed by atoms with Crippen LogP contribution >= 0.6 is 11.6 Å². The molecule has 1 aliphatic carbocycles. The summed E-state index contributed by atoms with van der Waals surface area (Å²) in [6.45, 7) is 0. The number of nitrogens with one attached hydrogen (secondary N) is 1. The van der Waals surface area contributed by atoms with Crippen LogP contribution in [-0.4, -0.2) is 25.8 Å². The molecule has 1 aromatic carbocycles. The number of nitrogens with zero attached hydrogens (tertiary/aromatic N) is 3. The number of halogens is 1. The maximum absolute atomic E-state index is 12.8. The van der Waals surface area contributed by atoms with Crippen molar-refractivity contribution in [3.8, 4) is 11.3 Å². The number of aryl methyl sites for hydroxylation is 1. The van der Waals surface area contributed by atoms with Gasteiger partial charge in [0.25, 0.3) is 0 Å². The first kappa shape index (κ1) is 12.4. The Morgan fingerprint density at radius 1 is 1.31 bits per heavy atom. The Labute approximate surface area is 161 Å². The molecule has 4 rings (SSSR count). The van der Waals surface area contributed by atoms with Crippen molar-refractivity contribution in [2.24, 2.45) is 13.0 Å². The fourth-order valence-electron chi connectivity index (χ4n) is 2.76. The molecule has 1 aliphatic rings. The number of alkyl halides is 1. The molecule has 1 N–H and O–H groups in total. The third kappa shape index (κ3) is 3.13. The van der Waals surface area contributed by atoms with E-state index < -0.39 is 29.3 Å². The SMILES string of the molecule is [2H]C1=CC([2H])=C([2H])C(C(=O)Nc2cc3cc(-c4cncn4C)ccc3cn2)C1([2H])Cl. The lowest BCUT2D eigenvalue weighted by atomic mass is 9.99. The van der Waals surface area contributed by atoms with Gasteiger partial charge in [-0.1, -0.05) is 36.4 Å². The Morgan fingerprint density at radius 3 is 3.00 bits per heavy atom. The number of rotatable bonds is 3. The maximum atomic E-state index is 12.8. The van der Waals surface area contributed by atoms with Crippen molar-refractivity contribution in [3.63, 3.8) is 0 Å². The van der Waals surface area contributed by atoms with Crippen molar-refractivity contribution >= 4 is 34.1 Å². The number of carbonyl (C=O) groups excluding carboxylic acids is 1. The van der Waals surface area contributed by atoms with Gasteiger partial charge in [-0.25, -0.2) is 9.97 Å². The predicted octanol–water partition coefficient (Wildman–Crippen LogP) is 3.92. The summed E-state index contributed by atoms with van der Waals surface area (Å²) in [7, 11) is 1.90. The van der Waals surface area contributed by atoms with E-state index in [0.29, 0.717) is 0 Å². The van der Waals surface area contributed by atoms with E-state index in [4.69, 9.17) is 17.1 Å². The molecule has 0 saturated carbocycles. The zero-order valence-electron chi connectivity index (χ0n) is 17.8. The smallest absolute Gasteiger partial charge is 0.234 e. The Kier molecular flexibility index (Phi) is 3.24. The number of allylic oxidation sites excluding steroid dienone is 3. The highest BCUT2D eigenvalue weighted by molar-refractivity contribution is 6.24. The molecular formula is C20H17ClN4O. The van der Waals surface area contributed by atoms with E-state index in [2.05, 4.69) is 15.3 Å². The van der Waals surface area contributed by atoms with E-state index in [1.54, 1.807) is 24.8 Å². The summed E-state index contributed by atoms with van der Waals surface area (Å²) in [5, 5.41) is 2.12. The summed E-state index contributed by atoms with van der Waals surface area (Å²) in [5.74, 6) is -2.03. The third-order valence-electron chi connectivity index (χ3n) is 4.11. The quantitative estimate of drug-likeness (QED) is 0.713. The molecule has 0 saturated heterocycles. The number of benzene rings is 1. The van der Waals surface area contributed by atoms with Crippen molar-refractivity contribution in [1.29, 1.82) is 0 Å². The highest BCUT2D eigenvalue weighted by Crippen LogP contribution is 2.26. The number of fused-ring (bicyclic) bond motifs is 1. The summed E-state index contributed by atoms with van der Waals surface area (Å²) in [6, 6.07) is 6.38. The maximum Gasteiger partial charge on any atom is 0.234 e. The van der Waals surface area contributed by atoms with E-state index in [1.165, 1.54) is 0 Å². The normalized spacial score (nSPS) is 25.2. The van der Waals surface area contributed by atoms with E-state index in [1.807, 2.05) is 29.8 Å². The molecule has 0 bridgehead atoms. The third-order valence-corrected chi connectivity index (χ3v) is 4.44. The number of carbonyl (C=O) groups is 1. The highest BCUT2D eigenvalue weighted by atomic mass is 35.5. The van der Waals surface area contributed by atoms with Crippen LogP contribution in [0.5, 0.6) is 0 Å². The zero-order valence-corrected chi connectivity index (χ0v) is 14.6. The number of hydrogen-bond donors (Lipinski definition) is 1.